The van der Waals surface area contributed by atoms with Crippen molar-refractivity contribution < 1.29 is 4.42 Å². The second kappa shape index (κ2) is 8.76. The van der Waals surface area contributed by atoms with E-state index in [-0.39, 0.29) is 0 Å². The third-order valence-corrected chi connectivity index (χ3v) is 6.15. The maximum Gasteiger partial charge on any atom is 0.318 e. The molecule has 0 bridgehead atoms. The molecule has 1 fully saturated rings. The van der Waals surface area contributed by atoms with E-state index in [4.69, 9.17) is 16.0 Å². The van der Waals surface area contributed by atoms with E-state index in [0.29, 0.717) is 23.5 Å². The van der Waals surface area contributed by atoms with Crippen LogP contribution in [0.5, 0.6) is 0 Å². The highest BCUT2D eigenvalue weighted by Gasteiger charge is 2.19. The molecule has 4 aromatic rings. The van der Waals surface area contributed by atoms with Crippen molar-refractivity contribution in [2.75, 3.05) is 50.1 Å². The van der Waals surface area contributed by atoms with Crippen LogP contribution in [-0.2, 0) is 6.54 Å². The Morgan fingerprint density at radius 3 is 2.69 bits per heavy atom. The van der Waals surface area contributed by atoms with Crippen LogP contribution < -0.4 is 9.80 Å². The van der Waals surface area contributed by atoms with Gasteiger partial charge in [-0.2, -0.15) is 0 Å². The van der Waals surface area contributed by atoms with E-state index >= 15 is 0 Å². The average molecular weight is 449 g/mol. The van der Waals surface area contributed by atoms with Crippen molar-refractivity contribution in [2.24, 2.45) is 0 Å². The minimum absolute atomic E-state index is 0.453. The smallest absolute Gasteiger partial charge is 0.318 e. The first-order valence-electron chi connectivity index (χ1n) is 10.7. The maximum atomic E-state index is 6.20. The van der Waals surface area contributed by atoms with E-state index in [2.05, 4.69) is 56.3 Å². The minimum atomic E-state index is 0.453. The van der Waals surface area contributed by atoms with E-state index < -0.39 is 0 Å². The van der Waals surface area contributed by atoms with Gasteiger partial charge >= 0.3 is 6.01 Å². The van der Waals surface area contributed by atoms with Crippen molar-refractivity contribution in [3.63, 3.8) is 0 Å². The first-order chi connectivity index (χ1) is 15.6. The topological polar surface area (TPSA) is 61.5 Å². The van der Waals surface area contributed by atoms with Crippen molar-refractivity contribution >= 4 is 34.2 Å². The molecule has 0 radical (unpaired) electrons. The van der Waals surface area contributed by atoms with Gasteiger partial charge in [-0.3, -0.25) is 4.98 Å². The largest absolute Gasteiger partial charge is 0.403 e. The monoisotopic (exact) mass is 448 g/mol. The fraction of sp³-hybridized carbons (Fsp3) is 0.292. The lowest BCUT2D eigenvalue weighted by Gasteiger charge is -2.35. The molecule has 2 aromatic heterocycles. The number of anilines is 2. The van der Waals surface area contributed by atoms with Gasteiger partial charge in [0.2, 0.25) is 0 Å². The number of halogens is 1. The van der Waals surface area contributed by atoms with E-state index in [9.17, 15) is 0 Å². The zero-order chi connectivity index (χ0) is 22.1. The molecule has 5 rings (SSSR count). The molecule has 0 amide bonds. The van der Waals surface area contributed by atoms with Gasteiger partial charge in [-0.25, -0.2) is 0 Å². The van der Waals surface area contributed by atoms with Crippen LogP contribution in [-0.4, -0.2) is 60.4 Å². The second-order valence-corrected chi connectivity index (χ2v) is 8.62. The molecule has 0 saturated carbocycles. The van der Waals surface area contributed by atoms with Crippen LogP contribution in [0, 0.1) is 0 Å². The Balaban J connectivity index is 1.39. The third kappa shape index (κ3) is 4.13. The molecule has 7 nitrogen and oxygen atoms in total. The van der Waals surface area contributed by atoms with Gasteiger partial charge in [0.25, 0.3) is 5.89 Å². The second-order valence-electron chi connectivity index (χ2n) is 8.18. The molecule has 0 N–H and O–H groups in total. The number of hydrogen-bond acceptors (Lipinski definition) is 7. The van der Waals surface area contributed by atoms with Gasteiger partial charge in [0.05, 0.1) is 5.52 Å². The van der Waals surface area contributed by atoms with E-state index in [1.807, 2.05) is 36.2 Å². The van der Waals surface area contributed by atoms with Crippen molar-refractivity contribution in [1.29, 1.82) is 0 Å². The van der Waals surface area contributed by atoms with Gasteiger partial charge in [0, 0.05) is 67.6 Å². The van der Waals surface area contributed by atoms with Crippen LogP contribution in [0.2, 0.25) is 5.02 Å². The maximum absolute atomic E-state index is 6.20. The summed E-state index contributed by atoms with van der Waals surface area (Å²) in [5, 5.41) is 10.1. The molecule has 1 aliphatic rings. The summed E-state index contributed by atoms with van der Waals surface area (Å²) in [4.78, 5) is 11.2. The Labute approximate surface area is 192 Å². The van der Waals surface area contributed by atoms with Gasteiger partial charge in [-0.05, 0) is 42.9 Å². The molecule has 2 aromatic carbocycles. The Morgan fingerprint density at radius 1 is 1.03 bits per heavy atom. The molecule has 3 heterocycles. The summed E-state index contributed by atoms with van der Waals surface area (Å²) in [6.07, 6.45) is 1.74. The SMILES string of the molecule is CN1CCN(c2ccccc2CN(C)c2nnc(-c3ccnc4ccc(Cl)cc34)o2)CC1. The predicted molar refractivity (Wildman–Crippen MR) is 128 cm³/mol. The molecule has 32 heavy (non-hydrogen) atoms. The van der Waals surface area contributed by atoms with Crippen LogP contribution in [0.1, 0.15) is 5.56 Å². The summed E-state index contributed by atoms with van der Waals surface area (Å²) in [5.41, 5.74) is 4.16. The number of fused-ring (bicyclic) bond motifs is 1. The Morgan fingerprint density at radius 2 is 1.84 bits per heavy atom. The van der Waals surface area contributed by atoms with Gasteiger partial charge in [-0.1, -0.05) is 34.9 Å². The lowest BCUT2D eigenvalue weighted by molar-refractivity contribution is 0.312. The summed E-state index contributed by atoms with van der Waals surface area (Å²) in [5.74, 6) is 0.453. The minimum Gasteiger partial charge on any atom is -0.403 e. The zero-order valence-electron chi connectivity index (χ0n) is 18.2. The first kappa shape index (κ1) is 20.7. The Hall–Kier alpha value is -3.16. The molecule has 0 aliphatic carbocycles. The number of pyridine rings is 1. The van der Waals surface area contributed by atoms with Crippen LogP contribution in [0.25, 0.3) is 22.4 Å². The number of aromatic nitrogens is 3. The lowest BCUT2D eigenvalue weighted by Crippen LogP contribution is -2.45. The lowest BCUT2D eigenvalue weighted by atomic mass is 10.1. The van der Waals surface area contributed by atoms with E-state index in [1.54, 1.807) is 6.20 Å². The Bertz CT molecular complexity index is 1230. The molecule has 1 aliphatic heterocycles. The summed E-state index contributed by atoms with van der Waals surface area (Å²) >= 11 is 6.20. The highest BCUT2D eigenvalue weighted by atomic mass is 35.5. The number of nitrogens with zero attached hydrogens (tertiary/aromatic N) is 6. The summed E-state index contributed by atoms with van der Waals surface area (Å²) in [7, 11) is 4.14. The molecule has 0 spiro atoms. The predicted octanol–water partition coefficient (Wildman–Crippen LogP) is 4.33. The number of hydrogen-bond donors (Lipinski definition) is 0. The average Bonchev–Trinajstić information content (AvgIpc) is 3.30. The Kier molecular flexibility index (Phi) is 5.68. The van der Waals surface area contributed by atoms with Crippen molar-refractivity contribution in [1.82, 2.24) is 20.1 Å². The van der Waals surface area contributed by atoms with Crippen LogP contribution in [0.15, 0.2) is 59.1 Å². The fourth-order valence-corrected chi connectivity index (χ4v) is 4.28. The number of piperazine rings is 1. The number of benzene rings is 2. The fourth-order valence-electron chi connectivity index (χ4n) is 4.11. The zero-order valence-corrected chi connectivity index (χ0v) is 19.0. The van der Waals surface area contributed by atoms with Gasteiger partial charge < -0.3 is 19.1 Å². The molecule has 164 valence electrons. The van der Waals surface area contributed by atoms with Crippen LogP contribution >= 0.6 is 11.6 Å². The molecule has 0 atom stereocenters. The third-order valence-electron chi connectivity index (χ3n) is 5.92. The molecule has 0 unspecified atom stereocenters. The highest BCUT2D eigenvalue weighted by molar-refractivity contribution is 6.31. The van der Waals surface area contributed by atoms with Crippen molar-refractivity contribution in [2.45, 2.75) is 6.54 Å². The molecular formula is C24H25ClN6O. The number of rotatable bonds is 5. The van der Waals surface area contributed by atoms with E-state index in [1.165, 1.54) is 11.3 Å². The summed E-state index contributed by atoms with van der Waals surface area (Å²) < 4.78 is 6.06. The van der Waals surface area contributed by atoms with Crippen molar-refractivity contribution in [3.8, 4) is 11.5 Å². The van der Waals surface area contributed by atoms with Crippen LogP contribution in [0.3, 0.4) is 0 Å². The standard InChI is InChI=1S/C24H25ClN6O/c1-29-11-13-31(14-12-29)22-6-4-3-5-17(22)16-30(2)24-28-27-23(32-24)19-9-10-26-21-8-7-18(25)15-20(19)21/h3-10,15H,11-14,16H2,1-2H3. The molecular weight excluding hydrogens is 424 g/mol. The van der Waals surface area contributed by atoms with E-state index in [0.717, 1.165) is 42.6 Å². The molecule has 8 heteroatoms. The van der Waals surface area contributed by atoms with Gasteiger partial charge in [-0.15, -0.1) is 5.10 Å². The highest BCUT2D eigenvalue weighted by Crippen LogP contribution is 2.31. The first-order valence-corrected chi connectivity index (χ1v) is 11.1. The summed E-state index contributed by atoms with van der Waals surface area (Å²) in [6.45, 7) is 4.87. The number of para-hydroxylation sites is 1. The van der Waals surface area contributed by atoms with Gasteiger partial charge in [0.15, 0.2) is 0 Å². The summed E-state index contributed by atoms with van der Waals surface area (Å²) in [6, 6.07) is 16.5. The van der Waals surface area contributed by atoms with Gasteiger partial charge in [0.1, 0.15) is 0 Å². The number of likely N-dealkylation sites (N-methyl/N-ethyl adjacent to an activating group) is 1. The molecule has 1 saturated heterocycles. The van der Waals surface area contributed by atoms with Crippen LogP contribution in [0.4, 0.5) is 11.7 Å². The quantitative estimate of drug-likeness (QED) is 0.450. The van der Waals surface area contributed by atoms with Crippen molar-refractivity contribution in [3.05, 3.63) is 65.3 Å². The normalized spacial score (nSPS) is 14.8.